The van der Waals surface area contributed by atoms with Gasteiger partial charge in [0.05, 0.1) is 5.69 Å². The number of amides is 1. The van der Waals surface area contributed by atoms with Gasteiger partial charge in [0, 0.05) is 11.6 Å². The fraction of sp³-hybridized carbons (Fsp3) is 0.222. The number of methoxy groups -OCH3 is 1. The summed E-state index contributed by atoms with van der Waals surface area (Å²) < 4.78 is 18.4. The standard InChI is InChI=1S/C9H9BrFNO2/c1-14-5-9(13)12-8-3-2-6(10)4-7(8)11/h2-4H,5H2,1H3,(H,12,13). The van der Waals surface area contributed by atoms with E-state index in [0.29, 0.717) is 4.47 Å². The molecule has 0 aliphatic rings. The second-order valence-electron chi connectivity index (χ2n) is 2.61. The van der Waals surface area contributed by atoms with Crippen LogP contribution in [0.15, 0.2) is 22.7 Å². The van der Waals surface area contributed by atoms with Crippen molar-refractivity contribution in [3.63, 3.8) is 0 Å². The van der Waals surface area contributed by atoms with Gasteiger partial charge in [-0.3, -0.25) is 4.79 Å². The molecule has 1 N–H and O–H groups in total. The smallest absolute Gasteiger partial charge is 0.250 e. The summed E-state index contributed by atoms with van der Waals surface area (Å²) in [5.41, 5.74) is 0.148. The average Bonchev–Trinajstić information content (AvgIpc) is 2.10. The predicted molar refractivity (Wildman–Crippen MR) is 54.6 cm³/mol. The first kappa shape index (κ1) is 11.1. The number of rotatable bonds is 3. The van der Waals surface area contributed by atoms with Crippen LogP contribution in [0.4, 0.5) is 10.1 Å². The quantitative estimate of drug-likeness (QED) is 0.906. The molecule has 0 heterocycles. The zero-order valence-electron chi connectivity index (χ0n) is 7.51. The van der Waals surface area contributed by atoms with Gasteiger partial charge >= 0.3 is 0 Å². The van der Waals surface area contributed by atoms with Crippen LogP contribution in [0, 0.1) is 5.82 Å². The number of nitrogens with one attached hydrogen (secondary N) is 1. The van der Waals surface area contributed by atoms with Crippen molar-refractivity contribution in [3.8, 4) is 0 Å². The molecule has 0 radical (unpaired) electrons. The topological polar surface area (TPSA) is 38.3 Å². The first-order chi connectivity index (χ1) is 6.63. The minimum absolute atomic E-state index is 0.0878. The van der Waals surface area contributed by atoms with E-state index in [2.05, 4.69) is 26.0 Å². The molecule has 1 aromatic rings. The van der Waals surface area contributed by atoms with Crippen LogP contribution < -0.4 is 5.32 Å². The Morgan fingerprint density at radius 3 is 2.93 bits per heavy atom. The van der Waals surface area contributed by atoms with Gasteiger partial charge in [-0.05, 0) is 18.2 Å². The molecule has 0 unspecified atom stereocenters. The van der Waals surface area contributed by atoms with Crippen molar-refractivity contribution < 1.29 is 13.9 Å². The van der Waals surface area contributed by atoms with Gasteiger partial charge in [0.25, 0.3) is 0 Å². The van der Waals surface area contributed by atoms with E-state index in [1.54, 1.807) is 6.07 Å². The summed E-state index contributed by atoms with van der Waals surface area (Å²) in [5.74, 6) is -0.863. The molecule has 0 atom stereocenters. The fourth-order valence-electron chi connectivity index (χ4n) is 0.908. The van der Waals surface area contributed by atoms with Crippen LogP contribution >= 0.6 is 15.9 Å². The third-order valence-electron chi connectivity index (χ3n) is 1.48. The highest BCUT2D eigenvalue weighted by molar-refractivity contribution is 9.10. The van der Waals surface area contributed by atoms with Gasteiger partial charge in [-0.2, -0.15) is 0 Å². The Bertz CT molecular complexity index is 344. The summed E-state index contributed by atoms with van der Waals surface area (Å²) in [7, 11) is 1.40. The molecule has 76 valence electrons. The van der Waals surface area contributed by atoms with E-state index in [9.17, 15) is 9.18 Å². The first-order valence-electron chi connectivity index (χ1n) is 3.87. The number of benzene rings is 1. The summed E-state index contributed by atoms with van der Waals surface area (Å²) in [6, 6.07) is 4.40. The van der Waals surface area contributed by atoms with Crippen LogP contribution in [0.1, 0.15) is 0 Å². The minimum atomic E-state index is -0.483. The minimum Gasteiger partial charge on any atom is -0.375 e. The van der Waals surface area contributed by atoms with Crippen LogP contribution in [0.2, 0.25) is 0 Å². The Morgan fingerprint density at radius 1 is 1.64 bits per heavy atom. The molecule has 1 amide bonds. The molecule has 0 aliphatic carbocycles. The number of ether oxygens (including phenoxy) is 1. The molecular weight excluding hydrogens is 253 g/mol. The number of anilines is 1. The SMILES string of the molecule is COCC(=O)Nc1ccc(Br)cc1F. The molecule has 0 spiro atoms. The van der Waals surface area contributed by atoms with Crippen molar-refractivity contribution in [2.24, 2.45) is 0 Å². The third-order valence-corrected chi connectivity index (χ3v) is 1.97. The Labute approximate surface area is 89.4 Å². The summed E-state index contributed by atoms with van der Waals surface area (Å²) in [6.45, 7) is -0.0878. The second kappa shape index (κ2) is 5.07. The summed E-state index contributed by atoms with van der Waals surface area (Å²) >= 11 is 3.12. The van der Waals surface area contributed by atoms with Gasteiger partial charge in [-0.15, -0.1) is 0 Å². The fourth-order valence-corrected chi connectivity index (χ4v) is 1.24. The molecule has 1 rings (SSSR count). The normalized spacial score (nSPS) is 9.93. The summed E-state index contributed by atoms with van der Waals surface area (Å²) in [5, 5.41) is 2.38. The number of hydrogen-bond donors (Lipinski definition) is 1. The lowest BCUT2D eigenvalue weighted by Crippen LogP contribution is -2.17. The van der Waals surface area contributed by atoms with Crippen molar-refractivity contribution in [1.29, 1.82) is 0 Å². The van der Waals surface area contributed by atoms with E-state index in [4.69, 9.17) is 0 Å². The lowest BCUT2D eigenvalue weighted by atomic mass is 10.3. The number of hydrogen-bond acceptors (Lipinski definition) is 2. The van der Waals surface area contributed by atoms with Crippen LogP contribution in [-0.4, -0.2) is 19.6 Å². The van der Waals surface area contributed by atoms with Crippen LogP contribution in [0.5, 0.6) is 0 Å². The predicted octanol–water partition coefficient (Wildman–Crippen LogP) is 2.17. The molecular formula is C9H9BrFNO2. The van der Waals surface area contributed by atoms with Crippen molar-refractivity contribution in [2.45, 2.75) is 0 Å². The van der Waals surface area contributed by atoms with E-state index < -0.39 is 5.82 Å². The van der Waals surface area contributed by atoms with E-state index in [0.717, 1.165) is 0 Å². The summed E-state index contributed by atoms with van der Waals surface area (Å²) in [4.78, 5) is 11.0. The molecule has 0 saturated heterocycles. The molecule has 1 aromatic carbocycles. The van der Waals surface area contributed by atoms with Gasteiger partial charge in [0.1, 0.15) is 12.4 Å². The molecule has 14 heavy (non-hydrogen) atoms. The van der Waals surface area contributed by atoms with E-state index in [1.165, 1.54) is 19.2 Å². The van der Waals surface area contributed by atoms with Crippen LogP contribution in [-0.2, 0) is 9.53 Å². The maximum atomic E-state index is 13.2. The molecule has 0 aliphatic heterocycles. The van der Waals surface area contributed by atoms with Gasteiger partial charge in [-0.1, -0.05) is 15.9 Å². The van der Waals surface area contributed by atoms with Gasteiger partial charge in [0.2, 0.25) is 5.91 Å². The molecule has 5 heteroatoms. The number of carbonyl (C=O) groups is 1. The van der Waals surface area contributed by atoms with Crippen molar-refractivity contribution in [3.05, 3.63) is 28.5 Å². The van der Waals surface area contributed by atoms with Crippen molar-refractivity contribution >= 4 is 27.5 Å². The van der Waals surface area contributed by atoms with Gasteiger partial charge in [-0.25, -0.2) is 4.39 Å². The molecule has 0 fully saturated rings. The Balaban J connectivity index is 2.72. The first-order valence-corrected chi connectivity index (χ1v) is 4.66. The monoisotopic (exact) mass is 261 g/mol. The van der Waals surface area contributed by atoms with E-state index in [1.807, 2.05) is 0 Å². The highest BCUT2D eigenvalue weighted by Crippen LogP contribution is 2.19. The van der Waals surface area contributed by atoms with Crippen molar-refractivity contribution in [1.82, 2.24) is 0 Å². The Kier molecular flexibility index (Phi) is 4.03. The average molecular weight is 262 g/mol. The summed E-state index contributed by atoms with van der Waals surface area (Å²) in [6.07, 6.45) is 0. The zero-order chi connectivity index (χ0) is 10.6. The lowest BCUT2D eigenvalue weighted by Gasteiger charge is -2.05. The third kappa shape index (κ3) is 3.08. The highest BCUT2D eigenvalue weighted by Gasteiger charge is 2.06. The van der Waals surface area contributed by atoms with Crippen LogP contribution in [0.25, 0.3) is 0 Å². The van der Waals surface area contributed by atoms with Crippen LogP contribution in [0.3, 0.4) is 0 Å². The van der Waals surface area contributed by atoms with E-state index >= 15 is 0 Å². The highest BCUT2D eigenvalue weighted by atomic mass is 79.9. The zero-order valence-corrected chi connectivity index (χ0v) is 9.10. The molecule has 0 saturated carbocycles. The molecule has 0 bridgehead atoms. The maximum absolute atomic E-state index is 13.2. The van der Waals surface area contributed by atoms with Crippen molar-refractivity contribution in [2.75, 3.05) is 19.0 Å². The van der Waals surface area contributed by atoms with E-state index in [-0.39, 0.29) is 18.2 Å². The molecule has 3 nitrogen and oxygen atoms in total. The van der Waals surface area contributed by atoms with Gasteiger partial charge in [0.15, 0.2) is 0 Å². The van der Waals surface area contributed by atoms with Gasteiger partial charge < -0.3 is 10.1 Å². The number of carbonyl (C=O) groups excluding carboxylic acids is 1. The maximum Gasteiger partial charge on any atom is 0.250 e. The Hall–Kier alpha value is -0.940. The second-order valence-corrected chi connectivity index (χ2v) is 3.52. The number of halogens is 2. The Morgan fingerprint density at radius 2 is 2.36 bits per heavy atom. The lowest BCUT2D eigenvalue weighted by molar-refractivity contribution is -0.119. The molecule has 0 aromatic heterocycles. The largest absolute Gasteiger partial charge is 0.375 e.